The molecule has 4 nitrogen and oxygen atoms in total. The molecule has 1 saturated carbocycles. The number of amides is 1. The van der Waals surface area contributed by atoms with Crippen LogP contribution in [0.15, 0.2) is 54.6 Å². The number of ether oxygens (including phenoxy) is 1. The predicted octanol–water partition coefficient (Wildman–Crippen LogP) is 5.92. The standard InChI is InChI=1S/C29H42N2O2/c1-30-22-27(20-23-12-5-3-6-13-23)31-29(32)26-17-11-16-25(21-26)28(18-9-10-19-33-2)24-14-7-4-8-15-24/h4,7-8,11,14-17,21,23,27-28,30H,3,5-6,9-10,12-13,18-20,22H2,1-2H3,(H,31,32)/t27-,28?/m0/s1. The number of likely N-dealkylation sites (N-methyl/N-ethyl adjacent to an activating group) is 1. The lowest BCUT2D eigenvalue weighted by Crippen LogP contribution is -2.42. The lowest BCUT2D eigenvalue weighted by atomic mass is 9.84. The van der Waals surface area contributed by atoms with Crippen LogP contribution in [0.1, 0.15) is 85.2 Å². The number of methoxy groups -OCH3 is 1. The number of carbonyl (C=O) groups excluding carboxylic acids is 1. The monoisotopic (exact) mass is 450 g/mol. The van der Waals surface area contributed by atoms with Gasteiger partial charge in [0.2, 0.25) is 0 Å². The molecule has 3 rings (SSSR count). The van der Waals surface area contributed by atoms with Crippen LogP contribution in [0.3, 0.4) is 0 Å². The molecule has 0 aromatic heterocycles. The average Bonchev–Trinajstić information content (AvgIpc) is 2.85. The van der Waals surface area contributed by atoms with Gasteiger partial charge in [-0.05, 0) is 55.5 Å². The summed E-state index contributed by atoms with van der Waals surface area (Å²) in [5, 5.41) is 6.60. The number of benzene rings is 2. The smallest absolute Gasteiger partial charge is 0.251 e. The quantitative estimate of drug-likeness (QED) is 0.372. The Hall–Kier alpha value is -2.17. The van der Waals surface area contributed by atoms with Gasteiger partial charge in [0.25, 0.3) is 5.91 Å². The first-order valence-electron chi connectivity index (χ1n) is 12.8. The van der Waals surface area contributed by atoms with Crippen LogP contribution in [-0.2, 0) is 4.74 Å². The molecular formula is C29H42N2O2. The molecule has 180 valence electrons. The van der Waals surface area contributed by atoms with E-state index >= 15 is 0 Å². The van der Waals surface area contributed by atoms with E-state index in [9.17, 15) is 4.79 Å². The zero-order valence-electron chi connectivity index (χ0n) is 20.5. The van der Waals surface area contributed by atoms with E-state index in [1.54, 1.807) is 7.11 Å². The Bertz CT molecular complexity index is 817. The largest absolute Gasteiger partial charge is 0.385 e. The molecule has 0 radical (unpaired) electrons. The Morgan fingerprint density at radius 1 is 1.00 bits per heavy atom. The molecule has 1 aliphatic rings. The van der Waals surface area contributed by atoms with Crippen molar-refractivity contribution in [3.8, 4) is 0 Å². The summed E-state index contributed by atoms with van der Waals surface area (Å²) in [5.74, 6) is 1.06. The first-order chi connectivity index (χ1) is 16.2. The third kappa shape index (κ3) is 8.28. The molecule has 0 heterocycles. The van der Waals surface area contributed by atoms with Gasteiger partial charge >= 0.3 is 0 Å². The Labute approximate surface area is 200 Å². The van der Waals surface area contributed by atoms with Crippen molar-refractivity contribution >= 4 is 5.91 Å². The summed E-state index contributed by atoms with van der Waals surface area (Å²) in [6.45, 7) is 1.60. The first-order valence-corrected chi connectivity index (χ1v) is 12.8. The Kier molecular flexibility index (Phi) is 10.9. The van der Waals surface area contributed by atoms with Gasteiger partial charge < -0.3 is 15.4 Å². The fraction of sp³-hybridized carbons (Fsp3) is 0.552. The SMILES string of the molecule is CNC[C@H](CC1CCCCC1)NC(=O)c1cccc(C(CCCCOC)c2ccccc2)c1. The van der Waals surface area contributed by atoms with Gasteiger partial charge in [-0.3, -0.25) is 4.79 Å². The number of hydrogen-bond acceptors (Lipinski definition) is 3. The second-order valence-electron chi connectivity index (χ2n) is 9.55. The third-order valence-corrected chi connectivity index (χ3v) is 6.97. The van der Waals surface area contributed by atoms with Crippen LogP contribution in [0.5, 0.6) is 0 Å². The summed E-state index contributed by atoms with van der Waals surface area (Å²) in [5.41, 5.74) is 3.27. The fourth-order valence-electron chi connectivity index (χ4n) is 5.24. The van der Waals surface area contributed by atoms with Crippen LogP contribution in [0, 0.1) is 5.92 Å². The van der Waals surface area contributed by atoms with E-state index in [0.717, 1.165) is 50.3 Å². The fourth-order valence-corrected chi connectivity index (χ4v) is 5.24. The summed E-state index contributed by atoms with van der Waals surface area (Å²) >= 11 is 0. The van der Waals surface area contributed by atoms with Gasteiger partial charge in [-0.25, -0.2) is 0 Å². The molecular weight excluding hydrogens is 408 g/mol. The maximum Gasteiger partial charge on any atom is 0.251 e. The van der Waals surface area contributed by atoms with E-state index in [4.69, 9.17) is 4.74 Å². The summed E-state index contributed by atoms with van der Waals surface area (Å²) in [4.78, 5) is 13.2. The van der Waals surface area contributed by atoms with E-state index in [2.05, 4.69) is 53.1 Å². The van der Waals surface area contributed by atoms with Crippen LogP contribution in [0.2, 0.25) is 0 Å². The van der Waals surface area contributed by atoms with Crippen LogP contribution < -0.4 is 10.6 Å². The third-order valence-electron chi connectivity index (χ3n) is 6.97. The van der Waals surface area contributed by atoms with Crippen molar-refractivity contribution in [3.63, 3.8) is 0 Å². The summed E-state index contributed by atoms with van der Waals surface area (Å²) in [7, 11) is 3.72. The maximum atomic E-state index is 13.2. The second kappa shape index (κ2) is 14.2. The molecule has 1 aliphatic carbocycles. The van der Waals surface area contributed by atoms with E-state index < -0.39 is 0 Å². The molecule has 2 N–H and O–H groups in total. The summed E-state index contributed by atoms with van der Waals surface area (Å²) in [6, 6.07) is 19.1. The van der Waals surface area contributed by atoms with Crippen molar-refractivity contribution in [2.45, 2.75) is 69.7 Å². The van der Waals surface area contributed by atoms with E-state index in [1.165, 1.54) is 43.2 Å². The van der Waals surface area contributed by atoms with E-state index in [1.807, 2.05) is 19.2 Å². The zero-order valence-corrected chi connectivity index (χ0v) is 20.5. The van der Waals surface area contributed by atoms with Crippen molar-refractivity contribution in [2.75, 3.05) is 27.3 Å². The van der Waals surface area contributed by atoms with Crippen molar-refractivity contribution in [2.24, 2.45) is 5.92 Å². The van der Waals surface area contributed by atoms with E-state index in [0.29, 0.717) is 0 Å². The van der Waals surface area contributed by atoms with Crippen molar-refractivity contribution < 1.29 is 9.53 Å². The summed E-state index contributed by atoms with van der Waals surface area (Å²) in [6.07, 6.45) is 10.9. The Balaban J connectivity index is 1.71. The minimum atomic E-state index is 0.0408. The molecule has 0 spiro atoms. The molecule has 0 aliphatic heterocycles. The highest BCUT2D eigenvalue weighted by Crippen LogP contribution is 2.31. The van der Waals surface area contributed by atoms with Crippen molar-refractivity contribution in [1.29, 1.82) is 0 Å². The lowest BCUT2D eigenvalue weighted by molar-refractivity contribution is 0.0928. The van der Waals surface area contributed by atoms with Crippen molar-refractivity contribution in [1.82, 2.24) is 10.6 Å². The lowest BCUT2D eigenvalue weighted by Gasteiger charge is -2.27. The first kappa shape index (κ1) is 25.5. The Morgan fingerprint density at radius 3 is 2.48 bits per heavy atom. The van der Waals surface area contributed by atoms with Crippen LogP contribution in [0.25, 0.3) is 0 Å². The highest BCUT2D eigenvalue weighted by atomic mass is 16.5. The van der Waals surface area contributed by atoms with Gasteiger partial charge in [-0.1, -0.05) is 81.0 Å². The molecule has 4 heteroatoms. The highest BCUT2D eigenvalue weighted by Gasteiger charge is 2.21. The number of nitrogens with one attached hydrogen (secondary N) is 2. The number of unbranched alkanes of at least 4 members (excludes halogenated alkanes) is 1. The van der Waals surface area contributed by atoms with Gasteiger partial charge in [0.1, 0.15) is 0 Å². The second-order valence-corrected chi connectivity index (χ2v) is 9.55. The van der Waals surface area contributed by atoms with Gasteiger partial charge in [-0.2, -0.15) is 0 Å². The maximum absolute atomic E-state index is 13.2. The number of hydrogen-bond donors (Lipinski definition) is 2. The molecule has 1 amide bonds. The Morgan fingerprint density at radius 2 is 1.76 bits per heavy atom. The molecule has 2 aromatic rings. The summed E-state index contributed by atoms with van der Waals surface area (Å²) < 4.78 is 5.24. The van der Waals surface area contributed by atoms with Gasteiger partial charge in [-0.15, -0.1) is 0 Å². The highest BCUT2D eigenvalue weighted by molar-refractivity contribution is 5.94. The minimum absolute atomic E-state index is 0.0408. The van der Waals surface area contributed by atoms with Gasteiger partial charge in [0.15, 0.2) is 0 Å². The zero-order chi connectivity index (χ0) is 23.3. The molecule has 33 heavy (non-hydrogen) atoms. The molecule has 0 saturated heterocycles. The average molecular weight is 451 g/mol. The van der Waals surface area contributed by atoms with Gasteiger partial charge in [0, 0.05) is 37.8 Å². The molecule has 0 bridgehead atoms. The van der Waals surface area contributed by atoms with Crippen LogP contribution in [-0.4, -0.2) is 39.3 Å². The molecule has 1 fully saturated rings. The molecule has 2 aromatic carbocycles. The number of rotatable bonds is 13. The number of carbonyl (C=O) groups is 1. The van der Waals surface area contributed by atoms with E-state index in [-0.39, 0.29) is 17.9 Å². The topological polar surface area (TPSA) is 50.4 Å². The normalized spacial score (nSPS) is 16.3. The molecule has 2 atom stereocenters. The molecule has 1 unspecified atom stereocenters. The van der Waals surface area contributed by atoms with Crippen molar-refractivity contribution in [3.05, 3.63) is 71.3 Å². The predicted molar refractivity (Wildman–Crippen MR) is 137 cm³/mol. The van der Waals surface area contributed by atoms with Crippen LogP contribution >= 0.6 is 0 Å². The van der Waals surface area contributed by atoms with Crippen LogP contribution in [0.4, 0.5) is 0 Å². The van der Waals surface area contributed by atoms with Gasteiger partial charge in [0.05, 0.1) is 0 Å². The minimum Gasteiger partial charge on any atom is -0.385 e.